The summed E-state index contributed by atoms with van der Waals surface area (Å²) < 4.78 is 5.88. The van der Waals surface area contributed by atoms with E-state index in [9.17, 15) is 4.79 Å². The summed E-state index contributed by atoms with van der Waals surface area (Å²) in [6, 6.07) is 16.8. The van der Waals surface area contributed by atoms with E-state index in [1.165, 1.54) is 6.07 Å². The molecule has 5 heteroatoms. The molecule has 0 unspecified atom stereocenters. The number of hydrogen-bond acceptors (Lipinski definition) is 3. The Morgan fingerprint density at radius 3 is 2.68 bits per heavy atom. The van der Waals surface area contributed by atoms with Crippen LogP contribution in [0, 0.1) is 6.92 Å². The van der Waals surface area contributed by atoms with E-state index in [0.717, 1.165) is 22.3 Å². The molecule has 1 aromatic heterocycles. The topological polar surface area (TPSA) is 54.6 Å². The minimum absolute atomic E-state index is 0.344. The van der Waals surface area contributed by atoms with Gasteiger partial charge < -0.3 is 0 Å². The fourth-order valence-electron chi connectivity index (χ4n) is 2.17. The van der Waals surface area contributed by atoms with Gasteiger partial charge in [-0.1, -0.05) is 0 Å². The summed E-state index contributed by atoms with van der Waals surface area (Å²) in [6.45, 7) is 1.89. The average Bonchev–Trinajstić information content (AvgIpc) is 2.47. The Bertz CT molecular complexity index is 901. The van der Waals surface area contributed by atoms with Crippen LogP contribution in [0.2, 0.25) is 0 Å². The number of nitrogens with zero attached hydrogens (tertiary/aromatic N) is 1. The van der Waals surface area contributed by atoms with Crippen molar-refractivity contribution in [3.8, 4) is 0 Å². The van der Waals surface area contributed by atoms with Crippen LogP contribution >= 0.6 is 0 Å². The molecule has 3 rings (SSSR count). The monoisotopic (exact) mass is 357 g/mol. The van der Waals surface area contributed by atoms with E-state index >= 15 is 0 Å². The van der Waals surface area contributed by atoms with E-state index in [0.29, 0.717) is 10.3 Å². The van der Waals surface area contributed by atoms with Crippen LogP contribution in [0.3, 0.4) is 0 Å². The molecule has 1 N–H and O–H groups in total. The number of amidine groups is 1. The van der Waals surface area contributed by atoms with Gasteiger partial charge in [0.15, 0.2) is 0 Å². The zero-order valence-corrected chi connectivity index (χ0v) is 13.6. The second-order valence-corrected chi connectivity index (χ2v) is 5.65. The number of para-hydroxylation sites is 1. The van der Waals surface area contributed by atoms with Crippen molar-refractivity contribution in [3.05, 3.63) is 70.6 Å². The van der Waals surface area contributed by atoms with Crippen molar-refractivity contribution in [1.29, 1.82) is 0 Å². The van der Waals surface area contributed by atoms with Crippen molar-refractivity contribution < 1.29 is 4.42 Å². The van der Waals surface area contributed by atoms with Gasteiger partial charge in [0.05, 0.1) is 0 Å². The summed E-state index contributed by atoms with van der Waals surface area (Å²) in [5.74, 6) is 0. The Morgan fingerprint density at radius 1 is 1.14 bits per heavy atom. The molecule has 3 aromatic rings. The molecule has 0 aliphatic heterocycles. The molecule has 0 fully saturated rings. The van der Waals surface area contributed by atoms with Gasteiger partial charge in [0.1, 0.15) is 0 Å². The Kier molecular flexibility index (Phi) is 4.09. The fraction of sp³-hybridized carbons (Fsp3) is 0.0588. The third-order valence-electron chi connectivity index (χ3n) is 3.19. The number of anilines is 1. The zero-order valence-electron chi connectivity index (χ0n) is 11.9. The van der Waals surface area contributed by atoms with Gasteiger partial charge >= 0.3 is 135 Å². The van der Waals surface area contributed by atoms with E-state index in [-0.39, 0.29) is 5.63 Å². The Labute approximate surface area is 135 Å². The van der Waals surface area contributed by atoms with E-state index in [1.54, 1.807) is 6.07 Å². The van der Waals surface area contributed by atoms with Crippen molar-refractivity contribution in [2.75, 3.05) is 5.32 Å². The molecular weight excluding hydrogens is 343 g/mol. The van der Waals surface area contributed by atoms with Crippen molar-refractivity contribution in [3.63, 3.8) is 0 Å². The van der Waals surface area contributed by atoms with Gasteiger partial charge in [-0.05, 0) is 0 Å². The van der Waals surface area contributed by atoms with Crippen LogP contribution in [0.5, 0.6) is 0 Å². The van der Waals surface area contributed by atoms with E-state index in [1.807, 2.05) is 49.4 Å². The molecule has 0 bridgehead atoms. The van der Waals surface area contributed by atoms with Gasteiger partial charge in [-0.15, -0.1) is 0 Å². The van der Waals surface area contributed by atoms with Gasteiger partial charge in [0, 0.05) is 0 Å². The predicted octanol–water partition coefficient (Wildman–Crippen LogP) is 3.37. The Balaban J connectivity index is 1.91. The van der Waals surface area contributed by atoms with Gasteiger partial charge in [-0.25, -0.2) is 0 Å². The van der Waals surface area contributed by atoms with Gasteiger partial charge in [-0.2, -0.15) is 0 Å². The molecular formula is C17H13N2O2Se. The van der Waals surface area contributed by atoms with Crippen molar-refractivity contribution in [2.24, 2.45) is 4.99 Å². The molecule has 0 aliphatic carbocycles. The number of aryl methyl sites for hydroxylation is 1. The molecule has 1 heterocycles. The number of hydrogen-bond donors (Lipinski definition) is 1. The first-order valence-corrected chi connectivity index (χ1v) is 7.60. The molecule has 2 aromatic carbocycles. The van der Waals surface area contributed by atoms with Crippen LogP contribution in [0.4, 0.5) is 11.4 Å². The predicted molar refractivity (Wildman–Crippen MR) is 90.1 cm³/mol. The summed E-state index contributed by atoms with van der Waals surface area (Å²) in [5.41, 5.74) is 2.77. The molecule has 22 heavy (non-hydrogen) atoms. The fourth-order valence-corrected chi connectivity index (χ4v) is 2.64. The standard InChI is InChI=1S/C17H13N2O2Se/c1-11-9-16(20)21-15-10-13(7-8-14(11)15)19-17(22)18-12-5-3-2-4-6-12/h2-10H,1H3,(H,18,19). The summed E-state index contributed by atoms with van der Waals surface area (Å²) in [5, 5.41) is 4.08. The van der Waals surface area contributed by atoms with Crippen molar-refractivity contribution >= 4 is 43.1 Å². The Morgan fingerprint density at radius 2 is 1.91 bits per heavy atom. The minimum atomic E-state index is -0.344. The first-order valence-electron chi connectivity index (χ1n) is 6.74. The summed E-state index contributed by atoms with van der Waals surface area (Å²) >= 11 is 2.89. The normalized spacial score (nSPS) is 11.6. The molecule has 0 aliphatic rings. The molecule has 4 nitrogen and oxygen atoms in total. The van der Waals surface area contributed by atoms with Crippen LogP contribution in [0.15, 0.2) is 68.8 Å². The zero-order chi connectivity index (χ0) is 15.5. The van der Waals surface area contributed by atoms with Crippen LogP contribution in [0.1, 0.15) is 5.56 Å². The van der Waals surface area contributed by atoms with Gasteiger partial charge in [0.2, 0.25) is 0 Å². The van der Waals surface area contributed by atoms with E-state index in [2.05, 4.69) is 26.3 Å². The molecule has 109 valence electrons. The van der Waals surface area contributed by atoms with Crippen molar-refractivity contribution in [2.45, 2.75) is 6.92 Å². The van der Waals surface area contributed by atoms with Crippen LogP contribution in [-0.4, -0.2) is 20.7 Å². The number of rotatable bonds is 2. The molecule has 0 amide bonds. The molecule has 0 spiro atoms. The molecule has 0 saturated carbocycles. The number of nitrogens with one attached hydrogen (secondary N) is 1. The maximum atomic E-state index is 11.5. The third kappa shape index (κ3) is 3.27. The number of benzene rings is 2. The molecule has 0 saturated heterocycles. The van der Waals surface area contributed by atoms with E-state index < -0.39 is 0 Å². The van der Waals surface area contributed by atoms with Crippen LogP contribution in [-0.2, 0) is 0 Å². The van der Waals surface area contributed by atoms with Crippen molar-refractivity contribution in [1.82, 2.24) is 0 Å². The van der Waals surface area contributed by atoms with Gasteiger partial charge in [0.25, 0.3) is 0 Å². The second kappa shape index (κ2) is 6.18. The Hall–Kier alpha value is -2.36. The van der Waals surface area contributed by atoms with Crippen LogP contribution in [0.25, 0.3) is 11.0 Å². The third-order valence-corrected chi connectivity index (χ3v) is 3.60. The first kappa shape index (κ1) is 14.6. The summed E-state index contributed by atoms with van der Waals surface area (Å²) in [4.78, 5) is 15.9. The summed E-state index contributed by atoms with van der Waals surface area (Å²) in [6.07, 6.45) is 0. The summed E-state index contributed by atoms with van der Waals surface area (Å²) in [7, 11) is 0. The maximum absolute atomic E-state index is 11.5. The SMILES string of the molecule is Cc1cc(=O)oc2cc(NC([Se])=Nc3ccccc3)ccc12. The molecule has 1 radical (unpaired) electrons. The quantitative estimate of drug-likeness (QED) is 0.332. The average molecular weight is 356 g/mol. The first-order chi connectivity index (χ1) is 10.6. The number of aliphatic imine (C=N–C) groups is 1. The van der Waals surface area contributed by atoms with Gasteiger partial charge in [-0.3, -0.25) is 0 Å². The van der Waals surface area contributed by atoms with E-state index in [4.69, 9.17) is 4.42 Å². The van der Waals surface area contributed by atoms with Crippen LogP contribution < -0.4 is 10.9 Å². The molecule has 0 atom stereocenters. The number of fused-ring (bicyclic) bond motifs is 1. The second-order valence-electron chi connectivity index (χ2n) is 4.84.